The van der Waals surface area contributed by atoms with Crippen LogP contribution in [0.2, 0.25) is 0 Å². The molecule has 2 atom stereocenters. The number of amides is 4. The lowest BCUT2D eigenvalue weighted by Gasteiger charge is -2.27. The van der Waals surface area contributed by atoms with Gasteiger partial charge in [0.2, 0.25) is 17.7 Å². The number of carbonyl (C=O) groups is 3. The fourth-order valence-electron chi connectivity index (χ4n) is 1.99. The minimum atomic E-state index is -0.502. The molecular formula is C12H17N5O4S. The Hall–Kier alpha value is -2.10. The average Bonchev–Trinajstić information content (AvgIpc) is 2.89. The summed E-state index contributed by atoms with van der Waals surface area (Å²) in [4.78, 5) is 34.3. The normalized spacial score (nSPS) is 21.2. The highest BCUT2D eigenvalue weighted by Gasteiger charge is 2.34. The van der Waals surface area contributed by atoms with Crippen molar-refractivity contribution < 1.29 is 18.8 Å². The van der Waals surface area contributed by atoms with Gasteiger partial charge in [0.05, 0.1) is 11.7 Å². The van der Waals surface area contributed by atoms with Gasteiger partial charge < -0.3 is 15.1 Å². The molecule has 1 fully saturated rings. The quantitative estimate of drug-likeness (QED) is 0.611. The summed E-state index contributed by atoms with van der Waals surface area (Å²) in [7, 11) is 0. The molecule has 22 heavy (non-hydrogen) atoms. The highest BCUT2D eigenvalue weighted by atomic mass is 32.2. The monoisotopic (exact) mass is 327 g/mol. The zero-order valence-corrected chi connectivity index (χ0v) is 13.0. The molecule has 0 spiro atoms. The predicted octanol–water partition coefficient (Wildman–Crippen LogP) is -0.316. The molecule has 3 N–H and O–H groups in total. The Morgan fingerprint density at radius 2 is 2.18 bits per heavy atom. The van der Waals surface area contributed by atoms with Gasteiger partial charge in [0.15, 0.2) is 0 Å². The topological polar surface area (TPSA) is 126 Å². The number of nitrogens with one attached hydrogen (secondary N) is 3. The molecule has 10 heteroatoms. The number of imide groups is 1. The van der Waals surface area contributed by atoms with Crippen LogP contribution in [0.3, 0.4) is 0 Å². The maximum Gasteiger partial charge on any atom is 0.321 e. The van der Waals surface area contributed by atoms with Gasteiger partial charge in [0.25, 0.3) is 5.22 Å². The summed E-state index contributed by atoms with van der Waals surface area (Å²) >= 11 is 1.13. The lowest BCUT2D eigenvalue weighted by molar-refractivity contribution is -0.125. The van der Waals surface area contributed by atoms with Crippen LogP contribution in [0.1, 0.15) is 19.7 Å². The molecule has 9 nitrogen and oxygen atoms in total. The molecule has 0 saturated carbocycles. The minimum absolute atomic E-state index is 0.116. The molecule has 1 aromatic rings. The average molecular weight is 327 g/mol. The lowest BCUT2D eigenvalue weighted by atomic mass is 9.95. The molecule has 0 aromatic carbocycles. The van der Waals surface area contributed by atoms with E-state index in [1.807, 2.05) is 6.92 Å². The first-order valence-corrected chi connectivity index (χ1v) is 7.81. The van der Waals surface area contributed by atoms with Crippen LogP contribution in [-0.2, 0) is 16.0 Å². The minimum Gasteiger partial charge on any atom is -0.416 e. The third-order valence-corrected chi connectivity index (χ3v) is 3.90. The van der Waals surface area contributed by atoms with Gasteiger partial charge in [0.1, 0.15) is 0 Å². The summed E-state index contributed by atoms with van der Waals surface area (Å²) in [5.41, 5.74) is 0. The first-order chi connectivity index (χ1) is 10.5. The second kappa shape index (κ2) is 7.25. The molecule has 1 saturated heterocycles. The summed E-state index contributed by atoms with van der Waals surface area (Å²) in [6.45, 7) is 4.14. The Bertz CT molecular complexity index is 576. The van der Waals surface area contributed by atoms with E-state index in [0.717, 1.165) is 11.8 Å². The summed E-state index contributed by atoms with van der Waals surface area (Å²) in [6, 6.07) is -0.822. The SMILES string of the molecule is CCNC(=O)CSc1nnc(CC2C(=O)NC(=O)NC2C)o1. The highest BCUT2D eigenvalue weighted by molar-refractivity contribution is 7.99. The Labute approximate surface area is 131 Å². The van der Waals surface area contributed by atoms with E-state index in [-0.39, 0.29) is 35.3 Å². The van der Waals surface area contributed by atoms with Crippen LogP contribution in [0.25, 0.3) is 0 Å². The molecular weight excluding hydrogens is 310 g/mol. The van der Waals surface area contributed by atoms with Gasteiger partial charge in [-0.2, -0.15) is 0 Å². The van der Waals surface area contributed by atoms with E-state index in [1.165, 1.54) is 0 Å². The van der Waals surface area contributed by atoms with Gasteiger partial charge in [-0.05, 0) is 13.8 Å². The van der Waals surface area contributed by atoms with E-state index >= 15 is 0 Å². The number of urea groups is 1. The largest absolute Gasteiger partial charge is 0.416 e. The van der Waals surface area contributed by atoms with E-state index < -0.39 is 11.9 Å². The lowest BCUT2D eigenvalue weighted by Crippen LogP contribution is -2.57. The zero-order valence-electron chi connectivity index (χ0n) is 12.2. The predicted molar refractivity (Wildman–Crippen MR) is 77.0 cm³/mol. The van der Waals surface area contributed by atoms with Gasteiger partial charge in [-0.1, -0.05) is 11.8 Å². The zero-order chi connectivity index (χ0) is 16.1. The summed E-state index contributed by atoms with van der Waals surface area (Å²) in [5.74, 6) is -0.478. The fraction of sp³-hybridized carbons (Fsp3) is 0.583. The maximum absolute atomic E-state index is 11.8. The van der Waals surface area contributed by atoms with Crippen molar-refractivity contribution in [3.05, 3.63) is 5.89 Å². The van der Waals surface area contributed by atoms with Gasteiger partial charge in [-0.15, -0.1) is 10.2 Å². The smallest absolute Gasteiger partial charge is 0.321 e. The second-order valence-electron chi connectivity index (χ2n) is 4.77. The first-order valence-electron chi connectivity index (χ1n) is 6.82. The number of hydrogen-bond acceptors (Lipinski definition) is 7. The number of carbonyl (C=O) groups excluding carboxylic acids is 3. The Morgan fingerprint density at radius 1 is 1.41 bits per heavy atom. The fourth-order valence-corrected chi connectivity index (χ4v) is 2.60. The molecule has 2 rings (SSSR count). The van der Waals surface area contributed by atoms with E-state index in [2.05, 4.69) is 26.1 Å². The van der Waals surface area contributed by atoms with E-state index in [9.17, 15) is 14.4 Å². The van der Waals surface area contributed by atoms with E-state index in [4.69, 9.17) is 4.42 Å². The van der Waals surface area contributed by atoms with Crippen LogP contribution in [0, 0.1) is 5.92 Å². The molecule has 1 aliphatic rings. The molecule has 0 aliphatic carbocycles. The Balaban J connectivity index is 1.90. The number of aromatic nitrogens is 2. The van der Waals surface area contributed by atoms with Crippen LogP contribution in [-0.4, -0.2) is 46.4 Å². The van der Waals surface area contributed by atoms with E-state index in [1.54, 1.807) is 6.92 Å². The Kier molecular flexibility index (Phi) is 5.36. The highest BCUT2D eigenvalue weighted by Crippen LogP contribution is 2.19. The number of hydrogen-bond donors (Lipinski definition) is 3. The van der Waals surface area contributed by atoms with Crippen molar-refractivity contribution in [1.29, 1.82) is 0 Å². The van der Waals surface area contributed by atoms with E-state index in [0.29, 0.717) is 12.4 Å². The van der Waals surface area contributed by atoms with Crippen molar-refractivity contribution in [3.8, 4) is 0 Å². The molecule has 1 aromatic heterocycles. The molecule has 0 radical (unpaired) electrons. The maximum atomic E-state index is 11.8. The molecule has 0 bridgehead atoms. The van der Waals surface area contributed by atoms with Crippen LogP contribution in [0.15, 0.2) is 9.64 Å². The van der Waals surface area contributed by atoms with Crippen molar-refractivity contribution in [2.24, 2.45) is 5.92 Å². The molecule has 2 heterocycles. The van der Waals surface area contributed by atoms with Crippen LogP contribution in [0.5, 0.6) is 0 Å². The number of thioether (sulfide) groups is 1. The van der Waals surface area contributed by atoms with Gasteiger partial charge in [-0.3, -0.25) is 14.9 Å². The number of rotatable bonds is 6. The van der Waals surface area contributed by atoms with Gasteiger partial charge >= 0.3 is 6.03 Å². The first kappa shape index (κ1) is 16.3. The summed E-state index contributed by atoms with van der Waals surface area (Å²) < 4.78 is 5.41. The van der Waals surface area contributed by atoms with Crippen molar-refractivity contribution in [2.45, 2.75) is 31.5 Å². The molecule has 120 valence electrons. The summed E-state index contributed by atoms with van der Waals surface area (Å²) in [5, 5.41) is 15.4. The number of nitrogens with zero attached hydrogens (tertiary/aromatic N) is 2. The molecule has 4 amide bonds. The van der Waals surface area contributed by atoms with Crippen LogP contribution < -0.4 is 16.0 Å². The molecule has 2 unspecified atom stereocenters. The van der Waals surface area contributed by atoms with Gasteiger partial charge in [0, 0.05) is 19.0 Å². The van der Waals surface area contributed by atoms with Crippen molar-refractivity contribution in [2.75, 3.05) is 12.3 Å². The standard InChI is InChI=1S/C12H17N5O4S/c1-3-13-8(18)5-22-12-17-16-9(21-12)4-7-6(2)14-11(20)15-10(7)19/h6-7H,3-5H2,1-2H3,(H,13,18)(H2,14,15,19,20). The van der Waals surface area contributed by atoms with Gasteiger partial charge in [-0.25, -0.2) is 4.79 Å². The Morgan fingerprint density at radius 3 is 2.86 bits per heavy atom. The van der Waals surface area contributed by atoms with Crippen LogP contribution in [0.4, 0.5) is 4.79 Å². The third-order valence-electron chi connectivity index (χ3n) is 3.08. The summed E-state index contributed by atoms with van der Waals surface area (Å²) in [6.07, 6.45) is 0.224. The second-order valence-corrected chi connectivity index (χ2v) is 5.69. The van der Waals surface area contributed by atoms with Crippen molar-refractivity contribution >= 4 is 29.6 Å². The third kappa shape index (κ3) is 4.20. The molecule has 1 aliphatic heterocycles. The van der Waals surface area contributed by atoms with Crippen LogP contribution >= 0.6 is 11.8 Å². The van der Waals surface area contributed by atoms with Crippen molar-refractivity contribution in [1.82, 2.24) is 26.1 Å². The van der Waals surface area contributed by atoms with Crippen molar-refractivity contribution in [3.63, 3.8) is 0 Å².